The lowest BCUT2D eigenvalue weighted by molar-refractivity contribution is 0.240. The Morgan fingerprint density at radius 2 is 2.08 bits per heavy atom. The van der Waals surface area contributed by atoms with Crippen LogP contribution in [0.5, 0.6) is 5.75 Å². The molecule has 5 nitrogen and oxygen atoms in total. The molecule has 0 saturated carbocycles. The predicted octanol–water partition coefficient (Wildman–Crippen LogP) is 3.47. The van der Waals surface area contributed by atoms with E-state index in [4.69, 9.17) is 9.26 Å². The first-order valence-corrected chi connectivity index (χ1v) is 8.66. The predicted molar refractivity (Wildman–Crippen MR) is 93.9 cm³/mol. The van der Waals surface area contributed by atoms with Crippen molar-refractivity contribution in [3.05, 3.63) is 47.3 Å². The molecule has 0 N–H and O–H groups in total. The molecule has 1 atom stereocenters. The lowest BCUT2D eigenvalue weighted by Gasteiger charge is -2.24. The van der Waals surface area contributed by atoms with Crippen molar-refractivity contribution in [1.82, 2.24) is 15.0 Å². The Kier molecular flexibility index (Phi) is 5.53. The summed E-state index contributed by atoms with van der Waals surface area (Å²) in [5.41, 5.74) is 3.53. The second-order valence-electron chi connectivity index (χ2n) is 6.64. The highest BCUT2D eigenvalue weighted by Gasteiger charge is 2.17. The van der Waals surface area contributed by atoms with E-state index in [9.17, 15) is 0 Å². The lowest BCUT2D eigenvalue weighted by atomic mass is 10.1. The van der Waals surface area contributed by atoms with Gasteiger partial charge in [0.15, 0.2) is 0 Å². The highest BCUT2D eigenvalue weighted by atomic mass is 16.5. The number of nitrogens with zero attached hydrogens (tertiary/aromatic N) is 3. The molecule has 1 aliphatic rings. The van der Waals surface area contributed by atoms with Crippen LogP contribution in [0.1, 0.15) is 42.6 Å². The summed E-state index contributed by atoms with van der Waals surface area (Å²) in [6, 6.07) is 8.66. The molecule has 2 aromatic rings. The molecule has 3 rings (SSSR count). The molecule has 2 heterocycles. The Bertz CT molecular complexity index is 636. The van der Waals surface area contributed by atoms with Gasteiger partial charge in [0.2, 0.25) is 0 Å². The third kappa shape index (κ3) is 3.97. The van der Waals surface area contributed by atoms with Crippen molar-refractivity contribution in [2.75, 3.05) is 27.2 Å². The maximum atomic E-state index is 5.56. The van der Waals surface area contributed by atoms with E-state index in [1.165, 1.54) is 37.1 Å². The van der Waals surface area contributed by atoms with E-state index in [0.717, 1.165) is 24.5 Å². The van der Waals surface area contributed by atoms with E-state index in [2.05, 4.69) is 47.1 Å². The molecule has 5 heteroatoms. The zero-order valence-corrected chi connectivity index (χ0v) is 14.9. The number of hydrogen-bond acceptors (Lipinski definition) is 5. The first kappa shape index (κ1) is 17.0. The lowest BCUT2D eigenvalue weighted by Crippen LogP contribution is -2.22. The van der Waals surface area contributed by atoms with Gasteiger partial charge in [0.25, 0.3) is 0 Å². The molecule has 0 unspecified atom stereocenters. The van der Waals surface area contributed by atoms with Gasteiger partial charge in [-0.3, -0.25) is 9.80 Å². The van der Waals surface area contributed by atoms with Gasteiger partial charge in [0, 0.05) is 24.7 Å². The van der Waals surface area contributed by atoms with Gasteiger partial charge in [-0.1, -0.05) is 11.2 Å². The summed E-state index contributed by atoms with van der Waals surface area (Å²) in [6.45, 7) is 6.37. The number of hydrogen-bond donors (Lipinski definition) is 0. The van der Waals surface area contributed by atoms with E-state index >= 15 is 0 Å². The summed E-state index contributed by atoms with van der Waals surface area (Å²) in [7, 11) is 3.87. The molecular weight excluding hydrogens is 302 g/mol. The maximum Gasteiger partial charge on any atom is 0.124 e. The Labute approximate surface area is 144 Å². The van der Waals surface area contributed by atoms with Crippen LogP contribution in [0.4, 0.5) is 0 Å². The fourth-order valence-corrected chi connectivity index (χ4v) is 3.32. The third-order valence-electron chi connectivity index (χ3n) is 4.92. The molecule has 0 radical (unpaired) electrons. The average Bonchev–Trinajstić information content (AvgIpc) is 3.28. The molecular formula is C19H27N3O2. The molecule has 0 bridgehead atoms. The minimum atomic E-state index is 0.216. The Morgan fingerprint density at radius 1 is 1.29 bits per heavy atom. The van der Waals surface area contributed by atoms with Gasteiger partial charge in [-0.05, 0) is 57.6 Å². The topological polar surface area (TPSA) is 41.7 Å². The van der Waals surface area contributed by atoms with Crippen molar-refractivity contribution in [2.24, 2.45) is 0 Å². The minimum absolute atomic E-state index is 0.216. The highest BCUT2D eigenvalue weighted by molar-refractivity contribution is 5.37. The summed E-state index contributed by atoms with van der Waals surface area (Å²) in [4.78, 5) is 4.78. The summed E-state index contributed by atoms with van der Waals surface area (Å²) >= 11 is 0. The van der Waals surface area contributed by atoms with Crippen LogP contribution in [0, 0.1) is 0 Å². The molecule has 1 saturated heterocycles. The van der Waals surface area contributed by atoms with Crippen LogP contribution < -0.4 is 4.74 Å². The van der Waals surface area contributed by atoms with Crippen LogP contribution in [0.2, 0.25) is 0 Å². The smallest absolute Gasteiger partial charge is 0.124 e. The Morgan fingerprint density at radius 3 is 2.75 bits per heavy atom. The molecule has 1 aromatic carbocycles. The monoisotopic (exact) mass is 329 g/mol. The van der Waals surface area contributed by atoms with E-state index in [1.54, 1.807) is 13.4 Å². The summed E-state index contributed by atoms with van der Waals surface area (Å²) in [5.74, 6) is 0.984. The van der Waals surface area contributed by atoms with Gasteiger partial charge in [0.05, 0.1) is 13.2 Å². The van der Waals surface area contributed by atoms with E-state index in [1.807, 2.05) is 6.07 Å². The number of ether oxygens (including phenoxy) is 1. The second kappa shape index (κ2) is 7.81. The Hall–Kier alpha value is -1.85. The van der Waals surface area contributed by atoms with Crippen LogP contribution in [-0.4, -0.2) is 42.2 Å². The van der Waals surface area contributed by atoms with Gasteiger partial charge < -0.3 is 9.26 Å². The van der Waals surface area contributed by atoms with Gasteiger partial charge in [-0.2, -0.15) is 0 Å². The van der Waals surface area contributed by atoms with E-state index < -0.39 is 0 Å². The zero-order valence-electron chi connectivity index (χ0n) is 14.9. The SMILES string of the molecule is COc1ccc(CN(C)[C@@H](C)c2ccon2)cc1CN1CCCC1. The van der Waals surface area contributed by atoms with E-state index in [0.29, 0.717) is 0 Å². The fourth-order valence-electron chi connectivity index (χ4n) is 3.32. The van der Waals surface area contributed by atoms with Crippen LogP contribution in [0.3, 0.4) is 0 Å². The molecule has 0 spiro atoms. The molecule has 130 valence electrons. The average molecular weight is 329 g/mol. The standard InChI is InChI=1S/C19H27N3O2/c1-15(18-8-11-24-20-18)21(2)13-16-6-7-19(23-3)17(12-16)14-22-9-4-5-10-22/h6-8,11-12,15H,4-5,9-10,13-14H2,1-3H3/t15-/m0/s1. The molecule has 0 aliphatic carbocycles. The first-order valence-electron chi connectivity index (χ1n) is 8.66. The summed E-state index contributed by atoms with van der Waals surface area (Å²) < 4.78 is 10.5. The maximum absolute atomic E-state index is 5.56. The molecule has 1 aliphatic heterocycles. The molecule has 1 fully saturated rings. The van der Waals surface area contributed by atoms with Crippen LogP contribution in [0.25, 0.3) is 0 Å². The van der Waals surface area contributed by atoms with Gasteiger partial charge >= 0.3 is 0 Å². The van der Waals surface area contributed by atoms with Crippen LogP contribution in [-0.2, 0) is 13.1 Å². The largest absolute Gasteiger partial charge is 0.496 e. The van der Waals surface area contributed by atoms with Crippen molar-refractivity contribution in [3.8, 4) is 5.75 Å². The molecule has 24 heavy (non-hydrogen) atoms. The molecule has 0 amide bonds. The van der Waals surface area contributed by atoms with Crippen molar-refractivity contribution in [3.63, 3.8) is 0 Å². The van der Waals surface area contributed by atoms with Crippen LogP contribution in [0.15, 0.2) is 35.1 Å². The van der Waals surface area contributed by atoms with E-state index in [-0.39, 0.29) is 6.04 Å². The van der Waals surface area contributed by atoms with Gasteiger partial charge in [-0.25, -0.2) is 0 Å². The Balaban J connectivity index is 1.70. The highest BCUT2D eigenvalue weighted by Crippen LogP contribution is 2.25. The number of aromatic nitrogens is 1. The normalized spacial score (nSPS) is 16.7. The summed E-state index contributed by atoms with van der Waals surface area (Å²) in [5, 5.41) is 4.05. The number of likely N-dealkylation sites (tertiary alicyclic amines) is 1. The van der Waals surface area contributed by atoms with Crippen LogP contribution >= 0.6 is 0 Å². The number of benzene rings is 1. The second-order valence-corrected chi connectivity index (χ2v) is 6.64. The van der Waals surface area contributed by atoms with Crippen molar-refractivity contribution in [1.29, 1.82) is 0 Å². The zero-order chi connectivity index (χ0) is 16.9. The number of methoxy groups -OCH3 is 1. The van der Waals surface area contributed by atoms with Crippen molar-refractivity contribution < 1.29 is 9.26 Å². The number of rotatable bonds is 7. The van der Waals surface area contributed by atoms with Gasteiger partial charge in [-0.15, -0.1) is 0 Å². The fraction of sp³-hybridized carbons (Fsp3) is 0.526. The molecule has 1 aromatic heterocycles. The van der Waals surface area contributed by atoms with Gasteiger partial charge in [0.1, 0.15) is 17.7 Å². The van der Waals surface area contributed by atoms with Crippen molar-refractivity contribution in [2.45, 2.75) is 38.9 Å². The third-order valence-corrected chi connectivity index (χ3v) is 4.92. The minimum Gasteiger partial charge on any atom is -0.496 e. The quantitative estimate of drug-likeness (QED) is 0.778. The first-order chi connectivity index (χ1) is 11.7. The summed E-state index contributed by atoms with van der Waals surface area (Å²) in [6.07, 6.45) is 4.24. The van der Waals surface area contributed by atoms with Crippen molar-refractivity contribution >= 4 is 0 Å².